The molecule has 1 heterocycles. The second kappa shape index (κ2) is 8.28. The van der Waals surface area contributed by atoms with Gasteiger partial charge in [-0.2, -0.15) is 0 Å². The molecular weight excluding hydrogens is 388 g/mol. The molecule has 0 atom stereocenters. The Bertz CT molecular complexity index is 1310. The van der Waals surface area contributed by atoms with Crippen molar-refractivity contribution in [2.75, 3.05) is 18.4 Å². The minimum atomic E-state index is -0.955. The molecular formula is C26H26N2O3. The van der Waals surface area contributed by atoms with Gasteiger partial charge in [0.05, 0.1) is 5.56 Å². The van der Waals surface area contributed by atoms with Gasteiger partial charge in [0.2, 0.25) is 0 Å². The fraction of sp³-hybridized carbons (Fsp3) is 0.192. The lowest BCUT2D eigenvalue weighted by Crippen LogP contribution is -2.23. The largest absolute Gasteiger partial charge is 0.478 e. The van der Waals surface area contributed by atoms with E-state index in [4.69, 9.17) is 10.5 Å². The summed E-state index contributed by atoms with van der Waals surface area (Å²) < 4.78 is 6.34. The third-order valence-corrected chi connectivity index (χ3v) is 5.59. The maximum Gasteiger partial charge on any atom is 0.336 e. The number of anilines is 1. The maximum absolute atomic E-state index is 12.0. The predicted octanol–water partition coefficient (Wildman–Crippen LogP) is 3.53. The number of hydrogen-bond donors (Lipinski definition) is 3. The van der Waals surface area contributed by atoms with Crippen molar-refractivity contribution in [2.24, 2.45) is 5.73 Å². The van der Waals surface area contributed by atoms with Crippen molar-refractivity contribution in [1.29, 1.82) is 0 Å². The zero-order chi connectivity index (χ0) is 22.1. The van der Waals surface area contributed by atoms with Gasteiger partial charge in [0, 0.05) is 41.2 Å². The summed E-state index contributed by atoms with van der Waals surface area (Å²) in [6.07, 6.45) is 1.96. The molecule has 1 aliphatic heterocycles. The van der Waals surface area contributed by atoms with E-state index in [1.807, 2.05) is 51.1 Å². The summed E-state index contributed by atoms with van der Waals surface area (Å²) in [7, 11) is 0. The standard InChI is InChI=1S/C26H26N2O3/c1-4-28-22-14-24-21(12-16(22)3)25(18-7-5-6-8-19(18)26(29)30)20-11-15(2)17(9-10-27)13-23(20)31-24/h5-9,11-14,28H,4,10,27H2,1-3H3,(H,29,30). The van der Waals surface area contributed by atoms with Crippen molar-refractivity contribution in [3.05, 3.63) is 86.8 Å². The van der Waals surface area contributed by atoms with Crippen LogP contribution < -0.4 is 26.2 Å². The van der Waals surface area contributed by atoms with Gasteiger partial charge >= 0.3 is 5.97 Å². The average molecular weight is 415 g/mol. The molecule has 0 saturated heterocycles. The lowest BCUT2D eigenvalue weighted by molar-refractivity contribution is 0.0696. The highest BCUT2D eigenvalue weighted by atomic mass is 16.5. The number of aromatic carboxylic acids is 1. The quantitative estimate of drug-likeness (QED) is 0.465. The van der Waals surface area contributed by atoms with Gasteiger partial charge in [-0.05, 0) is 66.9 Å². The number of hydrogen-bond acceptors (Lipinski definition) is 4. The molecule has 3 aromatic rings. The van der Waals surface area contributed by atoms with Crippen LogP contribution in [0.1, 0.15) is 39.5 Å². The molecule has 1 aliphatic rings. The van der Waals surface area contributed by atoms with E-state index >= 15 is 0 Å². The van der Waals surface area contributed by atoms with E-state index in [9.17, 15) is 9.90 Å². The average Bonchev–Trinajstić information content (AvgIpc) is 2.74. The van der Waals surface area contributed by atoms with Gasteiger partial charge in [-0.3, -0.25) is 0 Å². The fourth-order valence-corrected chi connectivity index (χ4v) is 4.12. The van der Waals surface area contributed by atoms with E-state index in [0.717, 1.165) is 44.9 Å². The van der Waals surface area contributed by atoms with Crippen LogP contribution in [0.25, 0.3) is 11.6 Å². The number of aryl methyl sites for hydroxylation is 2. The van der Waals surface area contributed by atoms with Gasteiger partial charge < -0.3 is 20.9 Å². The van der Waals surface area contributed by atoms with Gasteiger partial charge in [-0.1, -0.05) is 24.3 Å². The molecule has 158 valence electrons. The second-order valence-corrected chi connectivity index (χ2v) is 7.67. The van der Waals surface area contributed by atoms with Gasteiger partial charge in [0.1, 0.15) is 11.5 Å². The highest BCUT2D eigenvalue weighted by Crippen LogP contribution is 2.40. The van der Waals surface area contributed by atoms with E-state index in [1.165, 1.54) is 0 Å². The first-order valence-corrected chi connectivity index (χ1v) is 10.4. The molecule has 4 rings (SSSR count). The Morgan fingerprint density at radius 1 is 1.06 bits per heavy atom. The summed E-state index contributed by atoms with van der Waals surface area (Å²) >= 11 is 0. The maximum atomic E-state index is 12.0. The summed E-state index contributed by atoms with van der Waals surface area (Å²) in [4.78, 5) is 12.0. The van der Waals surface area contributed by atoms with Crippen LogP contribution in [0.15, 0.2) is 48.5 Å². The molecule has 5 heteroatoms. The molecule has 0 spiro atoms. The van der Waals surface area contributed by atoms with E-state index in [0.29, 0.717) is 23.6 Å². The number of fused-ring (bicyclic) bond motifs is 2. The minimum absolute atomic E-state index is 0.264. The number of nitrogens with two attached hydrogens (primary N) is 1. The molecule has 3 aromatic carbocycles. The van der Waals surface area contributed by atoms with Crippen LogP contribution in [0.2, 0.25) is 0 Å². The van der Waals surface area contributed by atoms with E-state index in [1.54, 1.807) is 12.1 Å². The topological polar surface area (TPSA) is 84.6 Å². The molecule has 0 bridgehead atoms. The SMILES string of the molecule is CCNc1cc2c(cc1C)C(c1ccccc1C(=O)O)=c1cc(C)c(=CCN)cc1O2. The van der Waals surface area contributed by atoms with Gasteiger partial charge in [0.25, 0.3) is 0 Å². The van der Waals surface area contributed by atoms with Crippen molar-refractivity contribution < 1.29 is 14.6 Å². The molecule has 0 saturated carbocycles. The van der Waals surface area contributed by atoms with Crippen LogP contribution in [0.4, 0.5) is 5.69 Å². The third-order valence-electron chi connectivity index (χ3n) is 5.59. The Kier molecular flexibility index (Phi) is 5.53. The first-order chi connectivity index (χ1) is 14.9. The van der Waals surface area contributed by atoms with Crippen molar-refractivity contribution in [1.82, 2.24) is 0 Å². The number of ether oxygens (including phenoxy) is 1. The summed E-state index contributed by atoms with van der Waals surface area (Å²) in [6.45, 7) is 7.34. The Hall–Kier alpha value is -3.57. The van der Waals surface area contributed by atoms with Crippen LogP contribution in [-0.4, -0.2) is 24.2 Å². The molecule has 0 fully saturated rings. The summed E-state index contributed by atoms with van der Waals surface area (Å²) in [5.74, 6) is 0.439. The van der Waals surface area contributed by atoms with Crippen molar-refractivity contribution in [3.63, 3.8) is 0 Å². The smallest absolute Gasteiger partial charge is 0.336 e. The molecule has 0 unspecified atom stereocenters. The third kappa shape index (κ3) is 3.68. The summed E-state index contributed by atoms with van der Waals surface area (Å²) in [6, 6.07) is 15.2. The van der Waals surface area contributed by atoms with Crippen LogP contribution in [0, 0.1) is 13.8 Å². The molecule has 0 aromatic heterocycles. The Morgan fingerprint density at radius 2 is 1.84 bits per heavy atom. The number of carboxylic acid groups (broad SMARTS) is 1. The number of nitrogens with one attached hydrogen (secondary N) is 1. The lowest BCUT2D eigenvalue weighted by atomic mass is 9.88. The minimum Gasteiger partial charge on any atom is -0.478 e. The molecule has 5 nitrogen and oxygen atoms in total. The summed E-state index contributed by atoms with van der Waals surface area (Å²) in [5.41, 5.74) is 11.6. The zero-order valence-corrected chi connectivity index (χ0v) is 18.0. The monoisotopic (exact) mass is 414 g/mol. The molecule has 31 heavy (non-hydrogen) atoms. The predicted molar refractivity (Wildman–Crippen MR) is 124 cm³/mol. The van der Waals surface area contributed by atoms with Crippen molar-refractivity contribution in [2.45, 2.75) is 20.8 Å². The number of rotatable bonds is 5. The highest BCUT2D eigenvalue weighted by molar-refractivity contribution is 5.98. The Morgan fingerprint density at radius 3 is 2.55 bits per heavy atom. The molecule has 0 amide bonds. The molecule has 4 N–H and O–H groups in total. The van der Waals surface area contributed by atoms with E-state index < -0.39 is 5.97 Å². The van der Waals surface area contributed by atoms with Gasteiger partial charge in [-0.25, -0.2) is 4.79 Å². The van der Waals surface area contributed by atoms with Gasteiger partial charge in [-0.15, -0.1) is 0 Å². The van der Waals surface area contributed by atoms with E-state index in [-0.39, 0.29) is 5.56 Å². The second-order valence-electron chi connectivity index (χ2n) is 7.67. The Labute approximate surface area is 181 Å². The molecule has 0 radical (unpaired) electrons. The van der Waals surface area contributed by atoms with Crippen LogP contribution in [0.3, 0.4) is 0 Å². The number of benzene rings is 3. The highest BCUT2D eigenvalue weighted by Gasteiger charge is 2.25. The van der Waals surface area contributed by atoms with Gasteiger partial charge in [0.15, 0.2) is 0 Å². The van der Waals surface area contributed by atoms with Crippen LogP contribution in [-0.2, 0) is 0 Å². The van der Waals surface area contributed by atoms with Crippen LogP contribution >= 0.6 is 0 Å². The fourth-order valence-electron chi connectivity index (χ4n) is 4.12. The first kappa shape index (κ1) is 20.7. The van der Waals surface area contributed by atoms with E-state index in [2.05, 4.69) is 17.4 Å². The van der Waals surface area contributed by atoms with Crippen molar-refractivity contribution in [3.8, 4) is 11.5 Å². The number of carbonyl (C=O) groups is 1. The Balaban J connectivity index is 2.14. The first-order valence-electron chi connectivity index (χ1n) is 10.4. The normalized spacial score (nSPS) is 12.8. The lowest BCUT2D eigenvalue weighted by Gasteiger charge is -2.24. The molecule has 0 aliphatic carbocycles. The number of carboxylic acids is 1. The summed E-state index contributed by atoms with van der Waals surface area (Å²) in [5, 5.41) is 15.1. The zero-order valence-electron chi connectivity index (χ0n) is 18.0. The van der Waals surface area contributed by atoms with Crippen LogP contribution in [0.5, 0.6) is 11.5 Å². The van der Waals surface area contributed by atoms with Crippen molar-refractivity contribution >= 4 is 23.3 Å².